The lowest BCUT2D eigenvalue weighted by molar-refractivity contribution is -0.161. The molecular formula is C12H19NO4. The van der Waals surface area contributed by atoms with Crippen LogP contribution in [0, 0.1) is 0 Å². The quantitative estimate of drug-likeness (QED) is 0.649. The molecule has 0 aromatic carbocycles. The first-order valence-electron chi connectivity index (χ1n) is 5.76. The fourth-order valence-corrected chi connectivity index (χ4v) is 2.37. The van der Waals surface area contributed by atoms with Crippen LogP contribution >= 0.6 is 0 Å². The van der Waals surface area contributed by atoms with E-state index in [1.165, 1.54) is 6.92 Å². The molecule has 1 aliphatic carbocycles. The molecule has 0 unspecified atom stereocenters. The molecule has 5 heteroatoms. The van der Waals surface area contributed by atoms with Crippen LogP contribution in [0.15, 0.2) is 12.2 Å². The maximum Gasteiger partial charge on any atom is 0.217 e. The van der Waals surface area contributed by atoms with Crippen LogP contribution in [0.4, 0.5) is 0 Å². The minimum Gasteiger partial charge on any atom is -0.383 e. The van der Waals surface area contributed by atoms with E-state index >= 15 is 0 Å². The van der Waals surface area contributed by atoms with Crippen molar-refractivity contribution >= 4 is 5.91 Å². The van der Waals surface area contributed by atoms with Crippen LogP contribution in [-0.2, 0) is 14.3 Å². The highest BCUT2D eigenvalue weighted by Gasteiger charge is 2.53. The lowest BCUT2D eigenvalue weighted by Gasteiger charge is -2.36. The summed E-state index contributed by atoms with van der Waals surface area (Å²) in [7, 11) is 0. The number of carbonyl (C=O) groups is 1. The Balaban J connectivity index is 2.26. The molecular weight excluding hydrogens is 222 g/mol. The van der Waals surface area contributed by atoms with Crippen molar-refractivity contribution in [2.24, 2.45) is 0 Å². The SMILES string of the molecule is CC(=O)N[C@@H]1C=C[C@](C)(O)[C@H]2OC(C)(C)O[C@@H]12. The highest BCUT2D eigenvalue weighted by molar-refractivity contribution is 5.73. The molecule has 0 aromatic rings. The minimum atomic E-state index is -1.08. The predicted octanol–water partition coefficient (Wildman–Crippen LogP) is 0.332. The molecule has 1 heterocycles. The van der Waals surface area contributed by atoms with Gasteiger partial charge in [0.05, 0.1) is 6.04 Å². The molecule has 2 N–H and O–H groups in total. The molecule has 5 nitrogen and oxygen atoms in total. The molecule has 2 aliphatic rings. The van der Waals surface area contributed by atoms with Crippen LogP contribution < -0.4 is 5.32 Å². The van der Waals surface area contributed by atoms with E-state index in [2.05, 4.69) is 5.32 Å². The highest BCUT2D eigenvalue weighted by Crippen LogP contribution is 2.38. The van der Waals surface area contributed by atoms with E-state index in [0.29, 0.717) is 0 Å². The number of ether oxygens (including phenoxy) is 2. The molecule has 2 rings (SSSR count). The van der Waals surface area contributed by atoms with Gasteiger partial charge in [0, 0.05) is 6.92 Å². The maximum atomic E-state index is 11.1. The summed E-state index contributed by atoms with van der Waals surface area (Å²) in [6.07, 6.45) is 2.57. The first-order valence-corrected chi connectivity index (χ1v) is 5.76. The summed E-state index contributed by atoms with van der Waals surface area (Å²) < 4.78 is 11.5. The number of aliphatic hydroxyl groups is 1. The number of amides is 1. The molecule has 4 atom stereocenters. The van der Waals surface area contributed by atoms with Gasteiger partial charge in [-0.05, 0) is 20.8 Å². The van der Waals surface area contributed by atoms with Gasteiger partial charge in [-0.25, -0.2) is 0 Å². The molecule has 0 spiro atoms. The fraction of sp³-hybridized carbons (Fsp3) is 0.750. The van der Waals surface area contributed by atoms with E-state index in [-0.39, 0.29) is 18.1 Å². The van der Waals surface area contributed by atoms with E-state index in [1.54, 1.807) is 32.9 Å². The average molecular weight is 241 g/mol. The Bertz CT molecular complexity index is 362. The van der Waals surface area contributed by atoms with E-state index in [4.69, 9.17) is 9.47 Å². The summed E-state index contributed by atoms with van der Waals surface area (Å²) in [5.41, 5.74) is -1.08. The minimum absolute atomic E-state index is 0.131. The van der Waals surface area contributed by atoms with Crippen LogP contribution in [0.3, 0.4) is 0 Å². The van der Waals surface area contributed by atoms with Crippen molar-refractivity contribution in [1.82, 2.24) is 5.32 Å². The van der Waals surface area contributed by atoms with Crippen molar-refractivity contribution in [3.8, 4) is 0 Å². The average Bonchev–Trinajstić information content (AvgIpc) is 2.48. The summed E-state index contributed by atoms with van der Waals surface area (Å²) in [6, 6.07) is -0.264. The zero-order valence-corrected chi connectivity index (χ0v) is 10.6. The molecule has 0 saturated carbocycles. The van der Waals surface area contributed by atoms with Crippen LogP contribution in [0.1, 0.15) is 27.7 Å². The van der Waals surface area contributed by atoms with Gasteiger partial charge in [0.15, 0.2) is 5.79 Å². The van der Waals surface area contributed by atoms with Gasteiger partial charge >= 0.3 is 0 Å². The lowest BCUT2D eigenvalue weighted by atomic mass is 9.85. The third-order valence-electron chi connectivity index (χ3n) is 3.07. The summed E-state index contributed by atoms with van der Waals surface area (Å²) in [4.78, 5) is 11.1. The number of rotatable bonds is 1. The summed E-state index contributed by atoms with van der Waals surface area (Å²) in [6.45, 7) is 6.73. The van der Waals surface area contributed by atoms with Crippen molar-refractivity contribution < 1.29 is 19.4 Å². The van der Waals surface area contributed by atoms with Crippen molar-refractivity contribution in [1.29, 1.82) is 0 Å². The van der Waals surface area contributed by atoms with Gasteiger partial charge in [-0.2, -0.15) is 0 Å². The van der Waals surface area contributed by atoms with Crippen LogP contribution in [0.5, 0.6) is 0 Å². The van der Waals surface area contributed by atoms with E-state index in [1.807, 2.05) is 0 Å². The van der Waals surface area contributed by atoms with Gasteiger partial charge in [-0.3, -0.25) is 4.79 Å². The molecule has 0 aromatic heterocycles. The number of nitrogens with one attached hydrogen (secondary N) is 1. The number of hydrogen-bond acceptors (Lipinski definition) is 4. The van der Waals surface area contributed by atoms with Crippen molar-refractivity contribution in [2.75, 3.05) is 0 Å². The van der Waals surface area contributed by atoms with Crippen molar-refractivity contribution in [3.63, 3.8) is 0 Å². The molecule has 96 valence electrons. The third kappa shape index (κ3) is 2.36. The number of carbonyl (C=O) groups excluding carboxylic acids is 1. The van der Waals surface area contributed by atoms with E-state index in [0.717, 1.165) is 0 Å². The zero-order chi connectivity index (χ0) is 12.8. The Kier molecular flexibility index (Phi) is 2.80. The zero-order valence-electron chi connectivity index (χ0n) is 10.6. The van der Waals surface area contributed by atoms with Crippen molar-refractivity contribution in [3.05, 3.63) is 12.2 Å². The Labute approximate surface area is 101 Å². The number of hydrogen-bond donors (Lipinski definition) is 2. The predicted molar refractivity (Wildman–Crippen MR) is 61.2 cm³/mol. The third-order valence-corrected chi connectivity index (χ3v) is 3.07. The molecule has 0 radical (unpaired) electrons. The monoisotopic (exact) mass is 241 g/mol. The second-order valence-electron chi connectivity index (χ2n) is 5.33. The van der Waals surface area contributed by atoms with Crippen LogP contribution in [0.25, 0.3) is 0 Å². The maximum absolute atomic E-state index is 11.1. The molecule has 0 bridgehead atoms. The largest absolute Gasteiger partial charge is 0.383 e. The first kappa shape index (κ1) is 12.5. The summed E-state index contributed by atoms with van der Waals surface area (Å²) in [5, 5.41) is 13.0. The lowest BCUT2D eigenvalue weighted by Crippen LogP contribution is -2.56. The second kappa shape index (κ2) is 3.80. The van der Waals surface area contributed by atoms with Gasteiger partial charge in [0.1, 0.15) is 17.8 Å². The Morgan fingerprint density at radius 1 is 1.35 bits per heavy atom. The Morgan fingerprint density at radius 3 is 2.59 bits per heavy atom. The summed E-state index contributed by atoms with van der Waals surface area (Å²) in [5.74, 6) is -0.879. The van der Waals surface area contributed by atoms with Gasteiger partial charge in [0.2, 0.25) is 5.91 Å². The van der Waals surface area contributed by atoms with Crippen LogP contribution in [0.2, 0.25) is 0 Å². The van der Waals surface area contributed by atoms with Gasteiger partial charge in [-0.1, -0.05) is 12.2 Å². The molecule has 1 fully saturated rings. The first-order chi connectivity index (χ1) is 7.71. The number of fused-ring (bicyclic) bond motifs is 1. The molecule has 1 amide bonds. The normalized spacial score (nSPS) is 43.2. The van der Waals surface area contributed by atoms with Gasteiger partial charge in [-0.15, -0.1) is 0 Å². The van der Waals surface area contributed by atoms with Gasteiger partial charge < -0.3 is 19.9 Å². The smallest absolute Gasteiger partial charge is 0.217 e. The van der Waals surface area contributed by atoms with E-state index in [9.17, 15) is 9.90 Å². The topological polar surface area (TPSA) is 67.8 Å². The summed E-state index contributed by atoms with van der Waals surface area (Å²) >= 11 is 0. The highest BCUT2D eigenvalue weighted by atomic mass is 16.8. The van der Waals surface area contributed by atoms with Crippen LogP contribution in [-0.4, -0.2) is 40.7 Å². The second-order valence-corrected chi connectivity index (χ2v) is 5.33. The molecule has 1 aliphatic heterocycles. The molecule has 1 saturated heterocycles. The van der Waals surface area contributed by atoms with Gasteiger partial charge in [0.25, 0.3) is 0 Å². The molecule has 17 heavy (non-hydrogen) atoms. The van der Waals surface area contributed by atoms with Crippen molar-refractivity contribution in [2.45, 2.75) is 57.3 Å². The van der Waals surface area contributed by atoms with E-state index < -0.39 is 17.5 Å². The fourth-order valence-electron chi connectivity index (χ4n) is 2.37. The standard InChI is InChI=1S/C12H19NO4/c1-7(14)13-8-5-6-12(4,15)10-9(8)16-11(2,3)17-10/h5-6,8-10,15H,1-4H3,(H,13,14)/t8-,9+,10+,12+/m1/s1. The Morgan fingerprint density at radius 2 is 2.00 bits per heavy atom. The Hall–Kier alpha value is -0.910.